The number of nitrogens with one attached hydrogen (secondary N) is 1. The molecule has 0 aliphatic carbocycles. The van der Waals surface area contributed by atoms with Crippen molar-refractivity contribution in [1.82, 2.24) is 5.32 Å². The number of hydrogen-bond acceptors (Lipinski definition) is 2. The number of carbonyl (C=O) groups excluding carboxylic acids is 1. The molecule has 0 bridgehead atoms. The van der Waals surface area contributed by atoms with Gasteiger partial charge in [-0.1, -0.05) is 44.5 Å². The van der Waals surface area contributed by atoms with E-state index in [2.05, 4.69) is 19.2 Å². The van der Waals surface area contributed by atoms with Crippen molar-refractivity contribution in [3.63, 3.8) is 0 Å². The number of benzene rings is 1. The maximum absolute atomic E-state index is 11.6. The van der Waals surface area contributed by atoms with E-state index in [4.69, 9.17) is 5.11 Å². The van der Waals surface area contributed by atoms with E-state index in [1.54, 1.807) is 0 Å². The van der Waals surface area contributed by atoms with Gasteiger partial charge in [0, 0.05) is 13.0 Å². The lowest BCUT2D eigenvalue weighted by molar-refractivity contribution is -0.122. The molecule has 1 amide bonds. The van der Waals surface area contributed by atoms with Crippen molar-refractivity contribution in [1.29, 1.82) is 0 Å². The van der Waals surface area contributed by atoms with E-state index in [0.29, 0.717) is 18.9 Å². The van der Waals surface area contributed by atoms with Gasteiger partial charge in [0.15, 0.2) is 0 Å². The summed E-state index contributed by atoms with van der Waals surface area (Å²) >= 11 is 0. The summed E-state index contributed by atoms with van der Waals surface area (Å²) in [6.07, 6.45) is 1.60. The highest BCUT2D eigenvalue weighted by Gasteiger charge is 2.06. The van der Waals surface area contributed by atoms with Gasteiger partial charge >= 0.3 is 0 Å². The van der Waals surface area contributed by atoms with Crippen LogP contribution in [0.2, 0.25) is 0 Å². The van der Waals surface area contributed by atoms with Crippen LogP contribution in [0.25, 0.3) is 0 Å². The number of aliphatic hydroxyl groups excluding tert-OH is 1. The standard InChI is InChI=1S/C14H21NO2/c1-3-11(2)7-14(17)15-9-12-5-4-6-13(8-12)10-16/h4-6,8,11,16H,3,7,9-10H2,1-2H3,(H,15,17). The highest BCUT2D eigenvalue weighted by molar-refractivity contribution is 5.76. The second-order valence-corrected chi connectivity index (χ2v) is 4.47. The molecule has 0 saturated heterocycles. The Morgan fingerprint density at radius 1 is 1.41 bits per heavy atom. The minimum absolute atomic E-state index is 0.0364. The molecule has 1 rings (SSSR count). The van der Waals surface area contributed by atoms with Gasteiger partial charge in [0.25, 0.3) is 0 Å². The lowest BCUT2D eigenvalue weighted by Gasteiger charge is -2.09. The lowest BCUT2D eigenvalue weighted by atomic mass is 10.0. The minimum atomic E-state index is 0.0364. The molecule has 94 valence electrons. The van der Waals surface area contributed by atoms with Gasteiger partial charge in [0.1, 0.15) is 0 Å². The third kappa shape index (κ3) is 5.00. The zero-order valence-electron chi connectivity index (χ0n) is 10.6. The molecule has 3 nitrogen and oxygen atoms in total. The molecule has 0 fully saturated rings. The van der Waals surface area contributed by atoms with Crippen LogP contribution < -0.4 is 5.32 Å². The molecule has 2 N–H and O–H groups in total. The SMILES string of the molecule is CCC(C)CC(=O)NCc1cccc(CO)c1. The maximum Gasteiger partial charge on any atom is 0.220 e. The Hall–Kier alpha value is -1.35. The molecule has 0 aromatic heterocycles. The molecule has 0 spiro atoms. The van der Waals surface area contributed by atoms with E-state index in [1.807, 2.05) is 24.3 Å². The van der Waals surface area contributed by atoms with Crippen molar-refractivity contribution in [3.8, 4) is 0 Å². The summed E-state index contributed by atoms with van der Waals surface area (Å²) in [4.78, 5) is 11.6. The van der Waals surface area contributed by atoms with Crippen LogP contribution >= 0.6 is 0 Å². The molecule has 17 heavy (non-hydrogen) atoms. The molecule has 1 atom stereocenters. The number of carbonyl (C=O) groups is 1. The van der Waals surface area contributed by atoms with Crippen LogP contribution in [0.4, 0.5) is 0 Å². The Balaban J connectivity index is 2.41. The predicted octanol–water partition coefficient (Wildman–Crippen LogP) is 2.23. The van der Waals surface area contributed by atoms with Gasteiger partial charge in [-0.05, 0) is 17.0 Å². The average Bonchev–Trinajstić information content (AvgIpc) is 2.36. The number of amides is 1. The minimum Gasteiger partial charge on any atom is -0.392 e. The molecule has 3 heteroatoms. The van der Waals surface area contributed by atoms with Crippen molar-refractivity contribution in [2.45, 2.75) is 39.8 Å². The zero-order valence-corrected chi connectivity index (χ0v) is 10.6. The van der Waals surface area contributed by atoms with Gasteiger partial charge in [-0.15, -0.1) is 0 Å². The van der Waals surface area contributed by atoms with Gasteiger partial charge in [0.2, 0.25) is 5.91 Å². The third-order valence-corrected chi connectivity index (χ3v) is 2.89. The molecule has 1 unspecified atom stereocenters. The van der Waals surface area contributed by atoms with E-state index in [9.17, 15) is 4.79 Å². The van der Waals surface area contributed by atoms with E-state index in [0.717, 1.165) is 17.5 Å². The van der Waals surface area contributed by atoms with Gasteiger partial charge < -0.3 is 10.4 Å². The summed E-state index contributed by atoms with van der Waals surface area (Å²) in [5, 5.41) is 11.9. The molecular weight excluding hydrogens is 214 g/mol. The first-order valence-corrected chi connectivity index (χ1v) is 6.11. The van der Waals surface area contributed by atoms with E-state index >= 15 is 0 Å². The van der Waals surface area contributed by atoms with Crippen LogP contribution in [-0.2, 0) is 17.9 Å². The van der Waals surface area contributed by atoms with E-state index < -0.39 is 0 Å². The number of aliphatic hydroxyl groups is 1. The summed E-state index contributed by atoms with van der Waals surface area (Å²) in [5.74, 6) is 0.521. The Kier molecular flexibility index (Phi) is 5.70. The van der Waals surface area contributed by atoms with Crippen molar-refractivity contribution >= 4 is 5.91 Å². The van der Waals surface area contributed by atoms with Gasteiger partial charge in [-0.3, -0.25) is 4.79 Å². The van der Waals surface area contributed by atoms with E-state index in [1.165, 1.54) is 0 Å². The van der Waals surface area contributed by atoms with Gasteiger partial charge in [0.05, 0.1) is 6.61 Å². The van der Waals surface area contributed by atoms with Crippen LogP contribution in [0.5, 0.6) is 0 Å². The fraction of sp³-hybridized carbons (Fsp3) is 0.500. The average molecular weight is 235 g/mol. The second kappa shape index (κ2) is 7.07. The fourth-order valence-corrected chi connectivity index (χ4v) is 1.57. The van der Waals surface area contributed by atoms with Crippen molar-refractivity contribution in [3.05, 3.63) is 35.4 Å². The summed E-state index contributed by atoms with van der Waals surface area (Å²) in [6.45, 7) is 4.73. The quantitative estimate of drug-likeness (QED) is 0.794. The highest BCUT2D eigenvalue weighted by Crippen LogP contribution is 2.07. The second-order valence-electron chi connectivity index (χ2n) is 4.47. The smallest absolute Gasteiger partial charge is 0.220 e. The van der Waals surface area contributed by atoms with Crippen LogP contribution in [-0.4, -0.2) is 11.0 Å². The molecular formula is C14H21NO2. The first-order chi connectivity index (χ1) is 8.15. The zero-order chi connectivity index (χ0) is 12.7. The van der Waals surface area contributed by atoms with Gasteiger partial charge in [-0.25, -0.2) is 0 Å². The fourth-order valence-electron chi connectivity index (χ4n) is 1.57. The first-order valence-electron chi connectivity index (χ1n) is 6.11. The maximum atomic E-state index is 11.6. The van der Waals surface area contributed by atoms with Crippen LogP contribution in [0.3, 0.4) is 0 Å². The molecule has 0 radical (unpaired) electrons. The van der Waals surface area contributed by atoms with Gasteiger partial charge in [-0.2, -0.15) is 0 Å². The summed E-state index contributed by atoms with van der Waals surface area (Å²) in [7, 11) is 0. The topological polar surface area (TPSA) is 49.3 Å². The number of rotatable bonds is 6. The first kappa shape index (κ1) is 13.7. The largest absolute Gasteiger partial charge is 0.392 e. The Labute approximate surface area is 103 Å². The number of hydrogen-bond donors (Lipinski definition) is 2. The summed E-state index contributed by atoms with van der Waals surface area (Å²) in [6, 6.07) is 7.61. The summed E-state index contributed by atoms with van der Waals surface area (Å²) in [5.41, 5.74) is 1.90. The van der Waals surface area contributed by atoms with Crippen LogP contribution in [0.1, 0.15) is 37.8 Å². The van der Waals surface area contributed by atoms with Crippen LogP contribution in [0, 0.1) is 5.92 Å². The Bertz CT molecular complexity index is 363. The molecule has 1 aromatic carbocycles. The highest BCUT2D eigenvalue weighted by atomic mass is 16.3. The van der Waals surface area contributed by atoms with Crippen LogP contribution in [0.15, 0.2) is 24.3 Å². The normalized spacial score (nSPS) is 12.2. The molecule has 0 aliphatic rings. The van der Waals surface area contributed by atoms with Crippen molar-refractivity contribution in [2.24, 2.45) is 5.92 Å². The molecule has 1 aromatic rings. The molecule has 0 heterocycles. The summed E-state index contributed by atoms with van der Waals surface area (Å²) < 4.78 is 0. The molecule has 0 aliphatic heterocycles. The third-order valence-electron chi connectivity index (χ3n) is 2.89. The monoisotopic (exact) mass is 235 g/mol. The Morgan fingerprint density at radius 3 is 2.76 bits per heavy atom. The van der Waals surface area contributed by atoms with E-state index in [-0.39, 0.29) is 12.5 Å². The van der Waals surface area contributed by atoms with Crippen molar-refractivity contribution < 1.29 is 9.90 Å². The lowest BCUT2D eigenvalue weighted by Crippen LogP contribution is -2.24. The predicted molar refractivity (Wildman–Crippen MR) is 68.3 cm³/mol. The molecule has 0 saturated carbocycles. The Morgan fingerprint density at radius 2 is 2.12 bits per heavy atom. The van der Waals surface area contributed by atoms with Crippen molar-refractivity contribution in [2.75, 3.05) is 0 Å².